The lowest BCUT2D eigenvalue weighted by Crippen LogP contribution is -2.32. The smallest absolute Gasteiger partial charge is 0.412 e. The number of hydrogen-bond acceptors (Lipinski definition) is 3. The van der Waals surface area contributed by atoms with Crippen LogP contribution in [0.4, 0.5) is 10.5 Å². The molecule has 3 aromatic rings. The summed E-state index contributed by atoms with van der Waals surface area (Å²) in [6, 6.07) is 18.6. The molecule has 0 saturated carbocycles. The summed E-state index contributed by atoms with van der Waals surface area (Å²) in [7, 11) is 0. The molecule has 0 bridgehead atoms. The minimum atomic E-state index is -1.05. The summed E-state index contributed by atoms with van der Waals surface area (Å²) in [4.78, 5) is 13.3. The lowest BCUT2D eigenvalue weighted by molar-refractivity contribution is 0.199. The molecular weight excluding hydrogens is 304 g/mol. The van der Waals surface area contributed by atoms with Gasteiger partial charge < -0.3 is 9.63 Å². The highest BCUT2D eigenvalue weighted by Gasteiger charge is 2.30. The molecule has 2 aromatic carbocycles. The molecule has 0 spiro atoms. The van der Waals surface area contributed by atoms with Crippen molar-refractivity contribution < 1.29 is 14.4 Å². The summed E-state index contributed by atoms with van der Waals surface area (Å²) < 4.78 is 5.31. The molecule has 122 valence electrons. The molecule has 3 rings (SSSR count). The minimum Gasteiger partial charge on any atom is -0.465 e. The molecule has 0 aliphatic carbocycles. The molecule has 1 atom stereocenters. The Bertz CT molecular complexity index is 828. The Hall–Kier alpha value is -3.08. The summed E-state index contributed by atoms with van der Waals surface area (Å²) in [5.41, 5.74) is 2.72. The number of hydrogen-bond donors (Lipinski definition) is 1. The van der Waals surface area contributed by atoms with Crippen LogP contribution in [0.25, 0.3) is 11.3 Å². The molecule has 5 heteroatoms. The topological polar surface area (TPSA) is 66.6 Å². The number of anilines is 1. The minimum absolute atomic E-state index is 0.371. The van der Waals surface area contributed by atoms with E-state index in [9.17, 15) is 9.90 Å². The number of benzene rings is 2. The molecule has 5 nitrogen and oxygen atoms in total. The van der Waals surface area contributed by atoms with Crippen molar-refractivity contribution in [3.05, 3.63) is 72.0 Å². The van der Waals surface area contributed by atoms with Gasteiger partial charge in [-0.2, -0.15) is 0 Å². The lowest BCUT2D eigenvalue weighted by Gasteiger charge is -2.26. The number of rotatable bonds is 4. The third kappa shape index (κ3) is 2.88. The van der Waals surface area contributed by atoms with Crippen molar-refractivity contribution in [1.29, 1.82) is 0 Å². The molecule has 0 fully saturated rings. The number of carbonyl (C=O) groups is 1. The van der Waals surface area contributed by atoms with Crippen LogP contribution in [0, 0.1) is 6.92 Å². The molecule has 0 unspecified atom stereocenters. The number of nitrogens with zero attached hydrogens (tertiary/aromatic N) is 2. The van der Waals surface area contributed by atoms with E-state index in [0.29, 0.717) is 17.1 Å². The maximum atomic E-state index is 12.0. The second-order valence-corrected chi connectivity index (χ2v) is 5.54. The van der Waals surface area contributed by atoms with Crippen molar-refractivity contribution in [2.24, 2.45) is 0 Å². The van der Waals surface area contributed by atoms with Crippen LogP contribution in [0.15, 0.2) is 65.2 Å². The van der Waals surface area contributed by atoms with Crippen LogP contribution in [-0.4, -0.2) is 16.4 Å². The second-order valence-electron chi connectivity index (χ2n) is 5.54. The van der Waals surface area contributed by atoms with Gasteiger partial charge in [0.1, 0.15) is 11.4 Å². The van der Waals surface area contributed by atoms with Gasteiger partial charge in [0, 0.05) is 5.56 Å². The van der Waals surface area contributed by atoms with Crippen LogP contribution in [0.1, 0.15) is 24.3 Å². The summed E-state index contributed by atoms with van der Waals surface area (Å²) in [5.74, 6) is 0.471. The van der Waals surface area contributed by atoms with E-state index in [2.05, 4.69) is 5.16 Å². The van der Waals surface area contributed by atoms with E-state index in [4.69, 9.17) is 4.52 Å². The standard InChI is InChI=1S/C19H18N2O3/c1-13(15-9-5-3-6-10-15)21(19(22)23)18-14(2)24-20-17(18)16-11-7-4-8-12-16/h3-13H,1-2H3,(H,22,23)/t13-/m0/s1. The monoisotopic (exact) mass is 322 g/mol. The van der Waals surface area contributed by atoms with Crippen LogP contribution in [0.3, 0.4) is 0 Å². The van der Waals surface area contributed by atoms with Gasteiger partial charge in [-0.1, -0.05) is 65.8 Å². The van der Waals surface area contributed by atoms with Crippen molar-refractivity contribution in [2.45, 2.75) is 19.9 Å². The van der Waals surface area contributed by atoms with E-state index in [1.54, 1.807) is 6.92 Å². The average molecular weight is 322 g/mol. The summed E-state index contributed by atoms with van der Waals surface area (Å²) in [5, 5.41) is 13.9. The molecule has 0 aliphatic heterocycles. The largest absolute Gasteiger partial charge is 0.465 e. The molecular formula is C19H18N2O3. The average Bonchev–Trinajstić information content (AvgIpc) is 2.98. The second kappa shape index (κ2) is 6.58. The predicted octanol–water partition coefficient (Wildman–Crippen LogP) is 4.90. The highest BCUT2D eigenvalue weighted by molar-refractivity contribution is 5.93. The Morgan fingerprint density at radius 2 is 1.67 bits per heavy atom. The quantitative estimate of drug-likeness (QED) is 0.742. The zero-order valence-corrected chi connectivity index (χ0v) is 13.5. The zero-order valence-electron chi connectivity index (χ0n) is 13.5. The highest BCUT2D eigenvalue weighted by Crippen LogP contribution is 2.37. The van der Waals surface area contributed by atoms with Crippen LogP contribution in [0.5, 0.6) is 0 Å². The van der Waals surface area contributed by atoms with E-state index in [1.165, 1.54) is 4.90 Å². The summed E-state index contributed by atoms with van der Waals surface area (Å²) >= 11 is 0. The fourth-order valence-corrected chi connectivity index (χ4v) is 2.77. The molecule has 1 aromatic heterocycles. The molecule has 0 aliphatic rings. The molecule has 0 radical (unpaired) electrons. The zero-order chi connectivity index (χ0) is 17.1. The highest BCUT2D eigenvalue weighted by atomic mass is 16.5. The van der Waals surface area contributed by atoms with Crippen molar-refractivity contribution in [3.63, 3.8) is 0 Å². The predicted molar refractivity (Wildman–Crippen MR) is 92.0 cm³/mol. The third-order valence-electron chi connectivity index (χ3n) is 4.00. The van der Waals surface area contributed by atoms with E-state index in [1.807, 2.05) is 67.6 Å². The van der Waals surface area contributed by atoms with Crippen LogP contribution in [-0.2, 0) is 0 Å². The summed E-state index contributed by atoms with van der Waals surface area (Å²) in [6.07, 6.45) is -1.05. The summed E-state index contributed by atoms with van der Waals surface area (Å²) in [6.45, 7) is 3.58. The lowest BCUT2D eigenvalue weighted by atomic mass is 10.0. The van der Waals surface area contributed by atoms with Crippen molar-refractivity contribution >= 4 is 11.8 Å². The maximum absolute atomic E-state index is 12.0. The maximum Gasteiger partial charge on any atom is 0.412 e. The van der Waals surface area contributed by atoms with Gasteiger partial charge in [0.15, 0.2) is 5.76 Å². The molecule has 1 N–H and O–H groups in total. The Morgan fingerprint density at radius 3 is 2.25 bits per heavy atom. The Kier molecular flexibility index (Phi) is 4.33. The first kappa shape index (κ1) is 15.8. The normalized spacial score (nSPS) is 11.9. The Morgan fingerprint density at radius 1 is 1.08 bits per heavy atom. The Labute approximate surface area is 140 Å². The van der Waals surface area contributed by atoms with Crippen LogP contribution >= 0.6 is 0 Å². The first-order valence-electron chi connectivity index (χ1n) is 7.68. The first-order chi connectivity index (χ1) is 11.6. The SMILES string of the molecule is Cc1onc(-c2ccccc2)c1N(C(=O)O)[C@@H](C)c1ccccc1. The van der Waals surface area contributed by atoms with E-state index < -0.39 is 6.09 Å². The van der Waals surface area contributed by atoms with E-state index in [-0.39, 0.29) is 6.04 Å². The van der Waals surface area contributed by atoms with Gasteiger partial charge in [-0.25, -0.2) is 4.79 Å². The van der Waals surface area contributed by atoms with Gasteiger partial charge >= 0.3 is 6.09 Å². The van der Waals surface area contributed by atoms with Gasteiger partial charge in [0.25, 0.3) is 0 Å². The van der Waals surface area contributed by atoms with Crippen LogP contribution < -0.4 is 4.90 Å². The van der Waals surface area contributed by atoms with Crippen molar-refractivity contribution in [2.75, 3.05) is 4.90 Å². The number of aromatic nitrogens is 1. The van der Waals surface area contributed by atoms with Gasteiger partial charge in [-0.05, 0) is 19.4 Å². The number of aryl methyl sites for hydroxylation is 1. The number of carboxylic acid groups (broad SMARTS) is 1. The van der Waals surface area contributed by atoms with Gasteiger partial charge in [0.2, 0.25) is 0 Å². The van der Waals surface area contributed by atoms with Gasteiger partial charge in [-0.15, -0.1) is 0 Å². The number of amides is 1. The van der Waals surface area contributed by atoms with Crippen molar-refractivity contribution in [1.82, 2.24) is 5.16 Å². The van der Waals surface area contributed by atoms with E-state index in [0.717, 1.165) is 11.1 Å². The molecule has 24 heavy (non-hydrogen) atoms. The first-order valence-corrected chi connectivity index (χ1v) is 7.68. The van der Waals surface area contributed by atoms with E-state index >= 15 is 0 Å². The fourth-order valence-electron chi connectivity index (χ4n) is 2.77. The van der Waals surface area contributed by atoms with Gasteiger partial charge in [0.05, 0.1) is 6.04 Å². The molecule has 0 saturated heterocycles. The van der Waals surface area contributed by atoms with Gasteiger partial charge in [-0.3, -0.25) is 4.90 Å². The van der Waals surface area contributed by atoms with Crippen LogP contribution in [0.2, 0.25) is 0 Å². The fraction of sp³-hybridized carbons (Fsp3) is 0.158. The Balaban J connectivity index is 2.11. The molecule has 1 heterocycles. The third-order valence-corrected chi connectivity index (χ3v) is 4.00. The molecule has 1 amide bonds. The van der Waals surface area contributed by atoms with Crippen molar-refractivity contribution in [3.8, 4) is 11.3 Å².